The molecule has 1 fully saturated rings. The molecule has 1 saturated heterocycles. The fourth-order valence-corrected chi connectivity index (χ4v) is 7.39. The van der Waals surface area contributed by atoms with Crippen LogP contribution in [-0.2, 0) is 14.3 Å². The number of carbonyl (C=O) groups is 1. The summed E-state index contributed by atoms with van der Waals surface area (Å²) < 4.78 is 11.2. The lowest BCUT2D eigenvalue weighted by atomic mass is 9.99. The van der Waals surface area contributed by atoms with Gasteiger partial charge in [-0.3, -0.25) is 4.79 Å². The van der Waals surface area contributed by atoms with Crippen LogP contribution in [0.4, 0.5) is 0 Å². The van der Waals surface area contributed by atoms with Crippen molar-refractivity contribution in [1.82, 2.24) is 5.32 Å². The SMILES string of the molecule is CCCCCCCCCCCCCCCC/C=C/[C@@H](O)[C@H](CO[C@@H]1O[C@H](CO)[C@@H](O)C(O)C1O)NC(=O)CCCCCCCCCCCCCCCCC. The zero-order valence-corrected chi connectivity index (χ0v) is 35.0. The largest absolute Gasteiger partial charge is 0.394 e. The molecule has 6 N–H and O–H groups in total. The number of carbonyl (C=O) groups excluding carboxylic acids is 1. The number of aliphatic hydroxyl groups excluding tert-OH is 5. The number of rotatable bonds is 38. The van der Waals surface area contributed by atoms with E-state index in [0.717, 1.165) is 38.5 Å². The summed E-state index contributed by atoms with van der Waals surface area (Å²) in [7, 11) is 0. The van der Waals surface area contributed by atoms with Crippen molar-refractivity contribution in [3.63, 3.8) is 0 Å². The van der Waals surface area contributed by atoms with Crippen molar-refractivity contribution in [3.8, 4) is 0 Å². The second-order valence-electron chi connectivity index (χ2n) is 16.2. The maximum Gasteiger partial charge on any atom is 0.220 e. The van der Waals surface area contributed by atoms with E-state index >= 15 is 0 Å². The molecular weight excluding hydrogens is 682 g/mol. The molecule has 0 bridgehead atoms. The first-order valence-electron chi connectivity index (χ1n) is 22.9. The molecule has 0 aromatic heterocycles. The second-order valence-corrected chi connectivity index (χ2v) is 16.2. The first kappa shape index (κ1) is 50.9. The molecule has 0 aromatic rings. The van der Waals surface area contributed by atoms with Crippen LogP contribution in [0.25, 0.3) is 0 Å². The van der Waals surface area contributed by atoms with Gasteiger partial charge in [0.05, 0.1) is 25.4 Å². The highest BCUT2D eigenvalue weighted by molar-refractivity contribution is 5.76. The van der Waals surface area contributed by atoms with Gasteiger partial charge >= 0.3 is 0 Å². The topological polar surface area (TPSA) is 149 Å². The summed E-state index contributed by atoms with van der Waals surface area (Å²) in [6, 6.07) is -0.797. The third-order valence-corrected chi connectivity index (χ3v) is 11.1. The van der Waals surface area contributed by atoms with E-state index in [1.54, 1.807) is 6.08 Å². The van der Waals surface area contributed by atoms with Gasteiger partial charge in [0.15, 0.2) is 6.29 Å². The van der Waals surface area contributed by atoms with Gasteiger partial charge in [0.1, 0.15) is 24.4 Å². The number of amides is 1. The monoisotopic (exact) mass is 770 g/mol. The number of unbranched alkanes of at least 4 members (excludes halogenated alkanes) is 28. The van der Waals surface area contributed by atoms with Crippen LogP contribution in [0.1, 0.15) is 213 Å². The second kappa shape index (κ2) is 36.3. The molecular formula is C45H87NO8. The molecule has 0 saturated carbocycles. The number of hydrogen-bond donors (Lipinski definition) is 6. The molecule has 320 valence electrons. The molecule has 0 spiro atoms. The van der Waals surface area contributed by atoms with Crippen molar-refractivity contribution in [2.75, 3.05) is 13.2 Å². The Morgan fingerprint density at radius 2 is 1.02 bits per heavy atom. The van der Waals surface area contributed by atoms with Crippen molar-refractivity contribution in [2.24, 2.45) is 0 Å². The zero-order chi connectivity index (χ0) is 39.5. The van der Waals surface area contributed by atoms with Gasteiger partial charge in [-0.1, -0.05) is 199 Å². The van der Waals surface area contributed by atoms with Crippen molar-refractivity contribution in [1.29, 1.82) is 0 Å². The van der Waals surface area contributed by atoms with E-state index in [-0.39, 0.29) is 12.5 Å². The third kappa shape index (κ3) is 26.7. The van der Waals surface area contributed by atoms with Gasteiger partial charge in [-0.2, -0.15) is 0 Å². The van der Waals surface area contributed by atoms with Crippen molar-refractivity contribution < 1.29 is 39.8 Å². The molecule has 9 nitrogen and oxygen atoms in total. The molecule has 1 heterocycles. The Morgan fingerprint density at radius 3 is 1.44 bits per heavy atom. The van der Waals surface area contributed by atoms with Gasteiger partial charge in [-0.25, -0.2) is 0 Å². The Balaban J connectivity index is 2.36. The smallest absolute Gasteiger partial charge is 0.220 e. The lowest BCUT2D eigenvalue weighted by Crippen LogP contribution is -2.60. The van der Waals surface area contributed by atoms with Gasteiger partial charge in [-0.15, -0.1) is 0 Å². The van der Waals surface area contributed by atoms with Crippen LogP contribution >= 0.6 is 0 Å². The van der Waals surface area contributed by atoms with Crippen LogP contribution < -0.4 is 5.32 Å². The van der Waals surface area contributed by atoms with Crippen LogP contribution in [-0.4, -0.2) is 87.5 Å². The van der Waals surface area contributed by atoms with Gasteiger partial charge in [0.25, 0.3) is 0 Å². The number of nitrogens with one attached hydrogen (secondary N) is 1. The predicted octanol–water partition coefficient (Wildman–Crippen LogP) is 9.34. The average molecular weight is 770 g/mol. The van der Waals surface area contributed by atoms with E-state index in [9.17, 15) is 30.3 Å². The minimum atomic E-state index is -1.56. The Kier molecular flexibility index (Phi) is 34.2. The fourth-order valence-electron chi connectivity index (χ4n) is 7.39. The molecule has 0 aliphatic carbocycles. The van der Waals surface area contributed by atoms with E-state index in [4.69, 9.17) is 9.47 Å². The lowest BCUT2D eigenvalue weighted by Gasteiger charge is -2.40. The quantitative estimate of drug-likeness (QED) is 0.0269. The third-order valence-electron chi connectivity index (χ3n) is 11.1. The maximum absolute atomic E-state index is 12.9. The summed E-state index contributed by atoms with van der Waals surface area (Å²) in [5, 5.41) is 54.2. The number of aliphatic hydroxyl groups is 5. The Morgan fingerprint density at radius 1 is 0.611 bits per heavy atom. The minimum absolute atomic E-state index is 0.175. The van der Waals surface area contributed by atoms with Gasteiger partial charge in [-0.05, 0) is 19.3 Å². The molecule has 2 unspecified atom stereocenters. The molecule has 0 radical (unpaired) electrons. The van der Waals surface area contributed by atoms with Crippen LogP contribution in [0.2, 0.25) is 0 Å². The number of allylic oxidation sites excluding steroid dienone is 1. The predicted molar refractivity (Wildman–Crippen MR) is 221 cm³/mol. The molecule has 1 amide bonds. The van der Waals surface area contributed by atoms with Crippen molar-refractivity contribution in [2.45, 2.75) is 256 Å². The summed E-state index contributed by atoms with van der Waals surface area (Å²) in [6.45, 7) is 3.78. The van der Waals surface area contributed by atoms with Crippen LogP contribution in [0.3, 0.4) is 0 Å². The summed E-state index contributed by atoms with van der Waals surface area (Å²) in [5.41, 5.74) is 0. The molecule has 1 aliphatic rings. The van der Waals surface area contributed by atoms with Crippen molar-refractivity contribution in [3.05, 3.63) is 12.2 Å². The van der Waals surface area contributed by atoms with Crippen LogP contribution in [0.15, 0.2) is 12.2 Å². The summed E-state index contributed by atoms with van der Waals surface area (Å²) in [6.07, 6.45) is 33.9. The average Bonchev–Trinajstić information content (AvgIpc) is 3.17. The molecule has 9 heteroatoms. The molecule has 0 aromatic carbocycles. The fraction of sp³-hybridized carbons (Fsp3) is 0.933. The molecule has 1 rings (SSSR count). The highest BCUT2D eigenvalue weighted by atomic mass is 16.7. The Bertz CT molecular complexity index is 858. The minimum Gasteiger partial charge on any atom is -0.394 e. The normalized spacial score (nSPS) is 21.5. The molecule has 54 heavy (non-hydrogen) atoms. The summed E-state index contributed by atoms with van der Waals surface area (Å²) in [5.74, 6) is -0.175. The number of ether oxygens (including phenoxy) is 2. The van der Waals surface area contributed by atoms with Crippen LogP contribution in [0, 0.1) is 0 Å². The highest BCUT2D eigenvalue weighted by Gasteiger charge is 2.44. The summed E-state index contributed by atoms with van der Waals surface area (Å²) in [4.78, 5) is 12.9. The van der Waals surface area contributed by atoms with Crippen LogP contribution in [0.5, 0.6) is 0 Å². The van der Waals surface area contributed by atoms with Gasteiger partial charge < -0.3 is 40.3 Å². The highest BCUT2D eigenvalue weighted by Crippen LogP contribution is 2.23. The van der Waals surface area contributed by atoms with E-state index in [1.165, 1.54) is 154 Å². The zero-order valence-electron chi connectivity index (χ0n) is 35.0. The summed E-state index contributed by atoms with van der Waals surface area (Å²) >= 11 is 0. The van der Waals surface area contributed by atoms with E-state index in [0.29, 0.717) is 6.42 Å². The lowest BCUT2D eigenvalue weighted by molar-refractivity contribution is -0.302. The van der Waals surface area contributed by atoms with Crippen molar-refractivity contribution >= 4 is 5.91 Å². The van der Waals surface area contributed by atoms with E-state index in [2.05, 4.69) is 19.2 Å². The van der Waals surface area contributed by atoms with Gasteiger partial charge in [0, 0.05) is 6.42 Å². The molecule has 7 atom stereocenters. The number of hydrogen-bond acceptors (Lipinski definition) is 8. The first-order chi connectivity index (χ1) is 26.3. The molecule has 1 aliphatic heterocycles. The maximum atomic E-state index is 12.9. The standard InChI is InChI=1S/C45H87NO8/c1-3-5-7-9-11-13-15-17-19-21-22-24-26-28-30-32-34-39(48)38(37-53-45-44(52)43(51)42(50)40(36-47)54-45)46-41(49)35-33-31-29-27-25-23-20-18-16-14-12-10-8-6-4-2/h32,34,38-40,42-45,47-48,50-52H,3-31,33,35-37H2,1-2H3,(H,46,49)/b34-32+/t38-,39+,40+,42+,43?,44?,45+/m0/s1. The first-order valence-corrected chi connectivity index (χ1v) is 22.9. The van der Waals surface area contributed by atoms with E-state index < -0.39 is 49.5 Å². The van der Waals surface area contributed by atoms with Gasteiger partial charge in [0.2, 0.25) is 5.91 Å². The Labute approximate surface area is 331 Å². The Hall–Kier alpha value is -1.07. The van der Waals surface area contributed by atoms with E-state index in [1.807, 2.05) is 6.08 Å².